The van der Waals surface area contributed by atoms with Gasteiger partial charge < -0.3 is 14.0 Å². The molecule has 0 saturated heterocycles. The van der Waals surface area contributed by atoms with Gasteiger partial charge in [0.25, 0.3) is 0 Å². The monoisotopic (exact) mass is 275 g/mol. The summed E-state index contributed by atoms with van der Waals surface area (Å²) in [6, 6.07) is 8.05. The number of ether oxygens (including phenoxy) is 2. The highest BCUT2D eigenvalue weighted by molar-refractivity contribution is 5.82. The summed E-state index contributed by atoms with van der Waals surface area (Å²) in [5.74, 6) is 0.713. The lowest BCUT2D eigenvalue weighted by molar-refractivity contribution is -0.143. The van der Waals surface area contributed by atoms with Crippen LogP contribution in [-0.4, -0.2) is 23.2 Å². The minimum atomic E-state index is -0.158. The Bertz CT molecular complexity index is 586. The van der Waals surface area contributed by atoms with Gasteiger partial charge in [0.05, 0.1) is 19.1 Å². The fourth-order valence-electron chi connectivity index (χ4n) is 2.16. The van der Waals surface area contributed by atoms with Crippen LogP contribution in [0, 0.1) is 0 Å². The van der Waals surface area contributed by atoms with Gasteiger partial charge in [-0.3, -0.25) is 4.79 Å². The Morgan fingerprint density at radius 3 is 2.80 bits per heavy atom. The molecule has 0 aliphatic rings. The van der Waals surface area contributed by atoms with E-state index in [2.05, 4.69) is 4.57 Å². The summed E-state index contributed by atoms with van der Waals surface area (Å²) in [6.45, 7) is 6.90. The maximum Gasteiger partial charge on any atom is 0.307 e. The number of carbonyl (C=O) groups is 1. The largest absolute Gasteiger partial charge is 0.491 e. The summed E-state index contributed by atoms with van der Waals surface area (Å²) in [5.41, 5.74) is 1.10. The molecule has 0 aliphatic carbocycles. The maximum atomic E-state index is 11.4. The Labute approximate surface area is 119 Å². The summed E-state index contributed by atoms with van der Waals surface area (Å²) in [6.07, 6.45) is 2.55. The zero-order valence-corrected chi connectivity index (χ0v) is 12.3. The van der Waals surface area contributed by atoms with E-state index in [4.69, 9.17) is 9.47 Å². The van der Waals surface area contributed by atoms with Crippen LogP contribution in [0.3, 0.4) is 0 Å². The van der Waals surface area contributed by atoms with Crippen molar-refractivity contribution >= 4 is 16.9 Å². The first kappa shape index (κ1) is 14.4. The van der Waals surface area contributed by atoms with Crippen LogP contribution >= 0.6 is 0 Å². The number of fused-ring (bicyclic) bond motifs is 1. The molecule has 1 aromatic heterocycles. The molecule has 0 unspecified atom stereocenters. The lowest BCUT2D eigenvalue weighted by Crippen LogP contribution is -2.08. The highest BCUT2D eigenvalue weighted by atomic mass is 16.5. The summed E-state index contributed by atoms with van der Waals surface area (Å²) in [5, 5.41) is 1.12. The summed E-state index contributed by atoms with van der Waals surface area (Å²) < 4.78 is 12.7. The lowest BCUT2D eigenvalue weighted by atomic mass is 10.2. The molecular weight excluding hydrogens is 254 g/mol. The molecule has 108 valence electrons. The second-order valence-corrected chi connectivity index (χ2v) is 4.95. The van der Waals surface area contributed by atoms with Crippen molar-refractivity contribution in [3.63, 3.8) is 0 Å². The van der Waals surface area contributed by atoms with Crippen LogP contribution in [0.4, 0.5) is 0 Å². The molecule has 2 rings (SSSR count). The molecule has 2 aromatic rings. The molecule has 1 aromatic carbocycles. The van der Waals surface area contributed by atoms with Gasteiger partial charge in [0.2, 0.25) is 0 Å². The standard InChI is InChI=1S/C16H21NO3/c1-4-19-16(18)8-10-17-9-7-13-11-14(20-12(2)3)5-6-15(13)17/h5-7,9,11-12H,4,8,10H2,1-3H3. The van der Waals surface area contributed by atoms with Crippen LogP contribution in [0.5, 0.6) is 5.75 Å². The van der Waals surface area contributed by atoms with Crippen molar-refractivity contribution in [2.45, 2.75) is 39.8 Å². The topological polar surface area (TPSA) is 40.5 Å². The zero-order valence-electron chi connectivity index (χ0n) is 12.3. The van der Waals surface area contributed by atoms with Crippen LogP contribution in [0.25, 0.3) is 10.9 Å². The number of carbonyl (C=O) groups excluding carboxylic acids is 1. The van der Waals surface area contributed by atoms with Crippen LogP contribution in [0.15, 0.2) is 30.5 Å². The number of aryl methyl sites for hydroxylation is 1. The van der Waals surface area contributed by atoms with Gasteiger partial charge in [-0.1, -0.05) is 0 Å². The SMILES string of the molecule is CCOC(=O)CCn1ccc2cc(OC(C)C)ccc21. The van der Waals surface area contributed by atoms with Gasteiger partial charge in [0.1, 0.15) is 5.75 Å². The molecule has 0 radical (unpaired) electrons. The van der Waals surface area contributed by atoms with Crippen LogP contribution < -0.4 is 4.74 Å². The Morgan fingerprint density at radius 2 is 2.10 bits per heavy atom. The van der Waals surface area contributed by atoms with E-state index in [0.717, 1.165) is 16.7 Å². The lowest BCUT2D eigenvalue weighted by Gasteiger charge is -2.10. The van der Waals surface area contributed by atoms with Gasteiger partial charge in [-0.25, -0.2) is 0 Å². The average Bonchev–Trinajstić information content (AvgIpc) is 2.78. The van der Waals surface area contributed by atoms with E-state index in [-0.39, 0.29) is 12.1 Å². The maximum absolute atomic E-state index is 11.4. The molecule has 0 spiro atoms. The van der Waals surface area contributed by atoms with Crippen molar-refractivity contribution in [1.29, 1.82) is 0 Å². The molecule has 4 nitrogen and oxygen atoms in total. The second kappa shape index (κ2) is 6.46. The van der Waals surface area contributed by atoms with Crippen LogP contribution in [-0.2, 0) is 16.1 Å². The Hall–Kier alpha value is -1.97. The third-order valence-corrected chi connectivity index (χ3v) is 2.98. The molecule has 20 heavy (non-hydrogen) atoms. The summed E-state index contributed by atoms with van der Waals surface area (Å²) in [4.78, 5) is 11.4. The predicted molar refractivity (Wildman–Crippen MR) is 79.0 cm³/mol. The molecule has 0 bridgehead atoms. The van der Waals surface area contributed by atoms with E-state index in [1.54, 1.807) is 0 Å². The molecular formula is C16H21NO3. The normalized spacial score (nSPS) is 11.0. The van der Waals surface area contributed by atoms with Crippen LogP contribution in [0.2, 0.25) is 0 Å². The smallest absolute Gasteiger partial charge is 0.307 e. The van der Waals surface area contributed by atoms with Gasteiger partial charge in [0, 0.05) is 23.6 Å². The van der Waals surface area contributed by atoms with Crippen LogP contribution in [0.1, 0.15) is 27.2 Å². The van der Waals surface area contributed by atoms with Gasteiger partial charge in [-0.05, 0) is 45.0 Å². The first-order valence-corrected chi connectivity index (χ1v) is 7.01. The average molecular weight is 275 g/mol. The fraction of sp³-hybridized carbons (Fsp3) is 0.438. The molecule has 4 heteroatoms. The number of hydrogen-bond donors (Lipinski definition) is 0. The fourth-order valence-corrected chi connectivity index (χ4v) is 2.16. The highest BCUT2D eigenvalue weighted by Gasteiger charge is 2.06. The Balaban J connectivity index is 2.10. The molecule has 1 heterocycles. The first-order valence-electron chi connectivity index (χ1n) is 7.01. The van der Waals surface area contributed by atoms with Crippen molar-refractivity contribution < 1.29 is 14.3 Å². The van der Waals surface area contributed by atoms with E-state index in [1.165, 1.54) is 0 Å². The molecule has 0 N–H and O–H groups in total. The van der Waals surface area contributed by atoms with E-state index >= 15 is 0 Å². The van der Waals surface area contributed by atoms with Crippen molar-refractivity contribution in [3.05, 3.63) is 30.5 Å². The van der Waals surface area contributed by atoms with E-state index in [0.29, 0.717) is 19.6 Å². The second-order valence-electron chi connectivity index (χ2n) is 4.95. The zero-order chi connectivity index (χ0) is 14.5. The molecule has 0 atom stereocenters. The number of nitrogens with zero attached hydrogens (tertiary/aromatic N) is 1. The van der Waals surface area contributed by atoms with E-state index < -0.39 is 0 Å². The number of rotatable bonds is 6. The quantitative estimate of drug-likeness (QED) is 0.759. The Kier molecular flexibility index (Phi) is 4.66. The number of benzene rings is 1. The van der Waals surface area contributed by atoms with Gasteiger partial charge >= 0.3 is 5.97 Å². The van der Waals surface area contributed by atoms with Gasteiger partial charge in [-0.15, -0.1) is 0 Å². The van der Waals surface area contributed by atoms with Crippen molar-refractivity contribution in [2.75, 3.05) is 6.61 Å². The van der Waals surface area contributed by atoms with Gasteiger partial charge in [0.15, 0.2) is 0 Å². The minimum Gasteiger partial charge on any atom is -0.491 e. The third-order valence-electron chi connectivity index (χ3n) is 2.98. The molecule has 0 aliphatic heterocycles. The number of hydrogen-bond acceptors (Lipinski definition) is 3. The van der Waals surface area contributed by atoms with Crippen molar-refractivity contribution in [3.8, 4) is 5.75 Å². The van der Waals surface area contributed by atoms with Crippen molar-refractivity contribution in [1.82, 2.24) is 4.57 Å². The van der Waals surface area contributed by atoms with E-state index in [9.17, 15) is 4.79 Å². The highest BCUT2D eigenvalue weighted by Crippen LogP contribution is 2.23. The van der Waals surface area contributed by atoms with Crippen molar-refractivity contribution in [2.24, 2.45) is 0 Å². The first-order chi connectivity index (χ1) is 9.60. The molecule has 0 fully saturated rings. The third kappa shape index (κ3) is 3.53. The number of aromatic nitrogens is 1. The molecule has 0 amide bonds. The number of esters is 1. The van der Waals surface area contributed by atoms with Gasteiger partial charge in [-0.2, -0.15) is 0 Å². The molecule has 0 saturated carbocycles. The summed E-state index contributed by atoms with van der Waals surface area (Å²) in [7, 11) is 0. The summed E-state index contributed by atoms with van der Waals surface area (Å²) >= 11 is 0. The van der Waals surface area contributed by atoms with E-state index in [1.807, 2.05) is 51.2 Å². The predicted octanol–water partition coefficient (Wildman–Crippen LogP) is 3.38. The minimum absolute atomic E-state index is 0.158. The Morgan fingerprint density at radius 1 is 1.30 bits per heavy atom.